The van der Waals surface area contributed by atoms with Crippen LogP contribution in [0.1, 0.15) is 6.42 Å². The Morgan fingerprint density at radius 2 is 1.91 bits per heavy atom. The van der Waals surface area contributed by atoms with Crippen LogP contribution < -0.4 is 5.32 Å². The number of hydrogen-bond acceptors (Lipinski definition) is 6. The Hall–Kier alpha value is -0.670. The van der Waals surface area contributed by atoms with Crippen LogP contribution in [0.2, 0.25) is 5.02 Å². The van der Waals surface area contributed by atoms with Crippen molar-refractivity contribution in [2.75, 3.05) is 31.8 Å². The van der Waals surface area contributed by atoms with Crippen LogP contribution in [0.5, 0.6) is 0 Å². The molecule has 0 aliphatic carbocycles. The van der Waals surface area contributed by atoms with E-state index < -0.39 is 31.0 Å². The lowest BCUT2D eigenvalue weighted by atomic mass is 10.2. The van der Waals surface area contributed by atoms with Gasteiger partial charge in [0, 0.05) is 24.8 Å². The molecule has 1 aromatic rings. The van der Waals surface area contributed by atoms with Crippen molar-refractivity contribution in [1.29, 1.82) is 0 Å². The molecule has 2 rings (SSSR count). The molecule has 1 N–H and O–H groups in total. The third kappa shape index (κ3) is 4.67. The highest BCUT2D eigenvalue weighted by Crippen LogP contribution is 2.26. The Kier molecular flexibility index (Phi) is 6.07. The molecule has 0 aromatic heterocycles. The van der Waals surface area contributed by atoms with Crippen molar-refractivity contribution < 1.29 is 21.6 Å². The van der Waals surface area contributed by atoms with Gasteiger partial charge in [0.1, 0.15) is 0 Å². The highest BCUT2D eigenvalue weighted by atomic mass is 35.5. The summed E-state index contributed by atoms with van der Waals surface area (Å²) in [4.78, 5) is 0.0905. The number of ether oxygens (including phenoxy) is 1. The van der Waals surface area contributed by atoms with Crippen molar-refractivity contribution in [3.05, 3.63) is 29.3 Å². The summed E-state index contributed by atoms with van der Waals surface area (Å²) in [6.45, 7) is 1.03. The zero-order valence-corrected chi connectivity index (χ0v) is 15.1. The second-order valence-electron chi connectivity index (χ2n) is 5.52. The summed E-state index contributed by atoms with van der Waals surface area (Å²) in [5, 5.41) is 2.48. The lowest BCUT2D eigenvalue weighted by molar-refractivity contribution is 0.193. The van der Waals surface area contributed by atoms with E-state index in [2.05, 4.69) is 5.32 Å². The van der Waals surface area contributed by atoms with Crippen molar-refractivity contribution in [3.63, 3.8) is 0 Å². The maximum Gasteiger partial charge on any atom is 0.183 e. The standard InChI is InChI=1S/C14H20ClNO5S2/c1-21-8-2-7-16-13-9-22(17,18)10-14(13)23(19,20)12-5-3-11(15)4-6-12/h3-6,13-14,16H,2,7-10H2,1H3. The van der Waals surface area contributed by atoms with Crippen molar-refractivity contribution in [3.8, 4) is 0 Å². The molecule has 6 nitrogen and oxygen atoms in total. The predicted molar refractivity (Wildman–Crippen MR) is 89.4 cm³/mol. The summed E-state index contributed by atoms with van der Waals surface area (Å²) < 4.78 is 54.3. The topological polar surface area (TPSA) is 89.5 Å². The lowest BCUT2D eigenvalue weighted by Crippen LogP contribution is -2.43. The first-order valence-corrected chi connectivity index (χ1v) is 10.9. The van der Waals surface area contributed by atoms with Crippen LogP contribution in [0.15, 0.2) is 29.2 Å². The normalized spacial score (nSPS) is 23.9. The van der Waals surface area contributed by atoms with Crippen molar-refractivity contribution in [2.45, 2.75) is 22.6 Å². The van der Waals surface area contributed by atoms with E-state index in [0.29, 0.717) is 24.6 Å². The molecule has 1 aliphatic rings. The Bertz CT molecular complexity index is 731. The van der Waals surface area contributed by atoms with Crippen LogP contribution in [-0.4, -0.2) is 59.9 Å². The van der Waals surface area contributed by atoms with E-state index >= 15 is 0 Å². The fourth-order valence-electron chi connectivity index (χ4n) is 2.61. The smallest absolute Gasteiger partial charge is 0.183 e. The fraction of sp³-hybridized carbons (Fsp3) is 0.571. The lowest BCUT2D eigenvalue weighted by Gasteiger charge is -2.20. The molecule has 1 aliphatic heterocycles. The van der Waals surface area contributed by atoms with Gasteiger partial charge in [0.25, 0.3) is 0 Å². The highest BCUT2D eigenvalue weighted by molar-refractivity contribution is 7.96. The van der Waals surface area contributed by atoms with E-state index in [9.17, 15) is 16.8 Å². The molecule has 23 heavy (non-hydrogen) atoms. The largest absolute Gasteiger partial charge is 0.385 e. The average Bonchev–Trinajstić information content (AvgIpc) is 2.80. The second-order valence-corrected chi connectivity index (χ2v) is 10.3. The minimum atomic E-state index is -3.75. The van der Waals surface area contributed by atoms with Crippen molar-refractivity contribution in [2.24, 2.45) is 0 Å². The summed E-state index contributed by atoms with van der Waals surface area (Å²) in [5.74, 6) is -0.530. The van der Waals surface area contributed by atoms with E-state index in [-0.39, 0.29) is 16.4 Å². The van der Waals surface area contributed by atoms with Crippen LogP contribution in [0.25, 0.3) is 0 Å². The zero-order chi connectivity index (χ0) is 17.1. The molecule has 9 heteroatoms. The van der Waals surface area contributed by atoms with Gasteiger partial charge in [-0.2, -0.15) is 0 Å². The first-order valence-electron chi connectivity index (χ1n) is 7.18. The second kappa shape index (κ2) is 7.48. The summed E-state index contributed by atoms with van der Waals surface area (Å²) in [6, 6.07) is 5.17. The van der Waals surface area contributed by atoms with E-state index in [4.69, 9.17) is 16.3 Å². The Balaban J connectivity index is 2.21. The van der Waals surface area contributed by atoms with Gasteiger partial charge >= 0.3 is 0 Å². The monoisotopic (exact) mass is 381 g/mol. The summed E-state index contributed by atoms with van der Waals surface area (Å²) >= 11 is 5.78. The predicted octanol–water partition coefficient (Wildman–Crippen LogP) is 0.905. The van der Waals surface area contributed by atoms with Crippen LogP contribution in [0, 0.1) is 0 Å². The quantitative estimate of drug-likeness (QED) is 0.706. The van der Waals surface area contributed by atoms with Gasteiger partial charge in [-0.05, 0) is 37.2 Å². The molecule has 130 valence electrons. The highest BCUT2D eigenvalue weighted by Gasteiger charge is 2.45. The van der Waals surface area contributed by atoms with Gasteiger partial charge in [-0.25, -0.2) is 16.8 Å². The maximum atomic E-state index is 12.8. The number of sulfone groups is 2. The van der Waals surface area contributed by atoms with Gasteiger partial charge in [0.15, 0.2) is 19.7 Å². The van der Waals surface area contributed by atoms with Crippen LogP contribution >= 0.6 is 11.6 Å². The van der Waals surface area contributed by atoms with Gasteiger partial charge in [-0.1, -0.05) is 11.6 Å². The average molecular weight is 382 g/mol. The minimum Gasteiger partial charge on any atom is -0.385 e. The Labute approximate surface area is 142 Å². The third-order valence-corrected chi connectivity index (χ3v) is 8.19. The molecular formula is C14H20ClNO5S2. The van der Waals surface area contributed by atoms with Gasteiger partial charge in [-0.15, -0.1) is 0 Å². The fourth-order valence-corrected chi connectivity index (χ4v) is 7.46. The Morgan fingerprint density at radius 3 is 2.52 bits per heavy atom. The molecule has 0 saturated carbocycles. The van der Waals surface area contributed by atoms with Crippen LogP contribution in [0.4, 0.5) is 0 Å². The number of methoxy groups -OCH3 is 1. The van der Waals surface area contributed by atoms with Crippen molar-refractivity contribution >= 4 is 31.3 Å². The van der Waals surface area contributed by atoms with Gasteiger partial charge in [0.2, 0.25) is 0 Å². The molecule has 0 radical (unpaired) electrons. The Morgan fingerprint density at radius 1 is 1.26 bits per heavy atom. The van der Waals surface area contributed by atoms with E-state index in [1.807, 2.05) is 0 Å². The number of halogens is 1. The molecule has 1 heterocycles. The first kappa shape index (κ1) is 18.7. The number of rotatable bonds is 7. The minimum absolute atomic E-state index is 0.0905. The van der Waals surface area contributed by atoms with Crippen LogP contribution in [0.3, 0.4) is 0 Å². The van der Waals surface area contributed by atoms with Gasteiger partial charge in [-0.3, -0.25) is 0 Å². The molecule has 1 aromatic carbocycles. The summed E-state index contributed by atoms with van der Waals surface area (Å²) in [7, 11) is -5.56. The molecule has 0 amide bonds. The summed E-state index contributed by atoms with van der Waals surface area (Å²) in [6.07, 6.45) is 0.681. The molecule has 1 fully saturated rings. The molecule has 2 atom stereocenters. The first-order chi connectivity index (χ1) is 10.8. The molecule has 0 spiro atoms. The summed E-state index contributed by atoms with van der Waals surface area (Å²) in [5.41, 5.74) is 0. The van der Waals surface area contributed by atoms with E-state index in [0.717, 1.165) is 0 Å². The number of nitrogens with one attached hydrogen (secondary N) is 1. The molecule has 1 saturated heterocycles. The third-order valence-electron chi connectivity index (χ3n) is 3.77. The maximum absolute atomic E-state index is 12.8. The number of benzene rings is 1. The zero-order valence-electron chi connectivity index (χ0n) is 12.7. The molecule has 0 bridgehead atoms. The SMILES string of the molecule is COCCCNC1CS(=O)(=O)CC1S(=O)(=O)c1ccc(Cl)cc1. The van der Waals surface area contributed by atoms with E-state index in [1.54, 1.807) is 7.11 Å². The molecular weight excluding hydrogens is 362 g/mol. The number of hydrogen-bond donors (Lipinski definition) is 1. The van der Waals surface area contributed by atoms with Crippen molar-refractivity contribution in [1.82, 2.24) is 5.32 Å². The molecule has 2 unspecified atom stereocenters. The van der Waals surface area contributed by atoms with Crippen LogP contribution in [-0.2, 0) is 24.4 Å². The van der Waals surface area contributed by atoms with Gasteiger partial charge in [0.05, 0.1) is 21.7 Å². The van der Waals surface area contributed by atoms with E-state index in [1.165, 1.54) is 24.3 Å². The van der Waals surface area contributed by atoms with Gasteiger partial charge < -0.3 is 10.1 Å².